The topological polar surface area (TPSA) is 65.8 Å². The van der Waals surface area contributed by atoms with Crippen LogP contribution in [0.2, 0.25) is 0 Å². The minimum atomic E-state index is -0.0962. The SMILES string of the molecule is O=C(c1ccco1)N1CCN(C(=O)[C@@H]2CCCN2)CC1. The number of amides is 2. The van der Waals surface area contributed by atoms with E-state index < -0.39 is 0 Å². The molecule has 3 heterocycles. The number of rotatable bonds is 2. The number of furan rings is 1. The molecular weight excluding hydrogens is 258 g/mol. The van der Waals surface area contributed by atoms with E-state index in [-0.39, 0.29) is 17.9 Å². The van der Waals surface area contributed by atoms with Crippen molar-refractivity contribution in [2.45, 2.75) is 18.9 Å². The lowest BCUT2D eigenvalue weighted by molar-refractivity contribution is -0.134. The Morgan fingerprint density at radius 2 is 1.95 bits per heavy atom. The average molecular weight is 277 g/mol. The van der Waals surface area contributed by atoms with E-state index in [0.29, 0.717) is 31.9 Å². The highest BCUT2D eigenvalue weighted by Crippen LogP contribution is 2.13. The zero-order valence-electron chi connectivity index (χ0n) is 11.4. The van der Waals surface area contributed by atoms with E-state index in [9.17, 15) is 9.59 Å². The Morgan fingerprint density at radius 1 is 1.20 bits per heavy atom. The number of nitrogens with one attached hydrogen (secondary N) is 1. The fraction of sp³-hybridized carbons (Fsp3) is 0.571. The number of piperazine rings is 1. The van der Waals surface area contributed by atoms with Crippen molar-refractivity contribution in [2.24, 2.45) is 0 Å². The van der Waals surface area contributed by atoms with Crippen molar-refractivity contribution in [1.29, 1.82) is 0 Å². The maximum Gasteiger partial charge on any atom is 0.289 e. The van der Waals surface area contributed by atoms with Gasteiger partial charge in [-0.25, -0.2) is 0 Å². The van der Waals surface area contributed by atoms with Gasteiger partial charge in [-0.05, 0) is 31.5 Å². The maximum atomic E-state index is 12.2. The number of nitrogens with zero attached hydrogens (tertiary/aromatic N) is 2. The van der Waals surface area contributed by atoms with Gasteiger partial charge in [-0.1, -0.05) is 0 Å². The van der Waals surface area contributed by atoms with Gasteiger partial charge in [0.15, 0.2) is 5.76 Å². The summed E-state index contributed by atoms with van der Waals surface area (Å²) >= 11 is 0. The molecule has 2 aliphatic rings. The molecule has 3 rings (SSSR count). The molecule has 2 fully saturated rings. The van der Waals surface area contributed by atoms with Crippen molar-refractivity contribution in [3.8, 4) is 0 Å². The van der Waals surface area contributed by atoms with Crippen LogP contribution in [-0.2, 0) is 4.79 Å². The number of carbonyl (C=O) groups is 2. The third-order valence-electron chi connectivity index (χ3n) is 3.97. The lowest BCUT2D eigenvalue weighted by Crippen LogP contribution is -2.54. The fourth-order valence-electron chi connectivity index (χ4n) is 2.80. The van der Waals surface area contributed by atoms with Gasteiger partial charge in [-0.15, -0.1) is 0 Å². The smallest absolute Gasteiger partial charge is 0.289 e. The molecule has 0 saturated carbocycles. The highest BCUT2D eigenvalue weighted by atomic mass is 16.3. The van der Waals surface area contributed by atoms with Gasteiger partial charge in [0.2, 0.25) is 5.91 Å². The van der Waals surface area contributed by atoms with E-state index in [0.717, 1.165) is 19.4 Å². The van der Waals surface area contributed by atoms with Crippen molar-refractivity contribution in [2.75, 3.05) is 32.7 Å². The zero-order valence-corrected chi connectivity index (χ0v) is 11.4. The third-order valence-corrected chi connectivity index (χ3v) is 3.97. The molecule has 2 saturated heterocycles. The molecule has 1 atom stereocenters. The lowest BCUT2D eigenvalue weighted by Gasteiger charge is -2.35. The Morgan fingerprint density at radius 3 is 2.55 bits per heavy atom. The third kappa shape index (κ3) is 2.56. The molecule has 20 heavy (non-hydrogen) atoms. The normalized spacial score (nSPS) is 23.1. The zero-order chi connectivity index (χ0) is 13.9. The molecule has 6 heteroatoms. The summed E-state index contributed by atoms with van der Waals surface area (Å²) < 4.78 is 5.12. The molecule has 0 radical (unpaired) electrons. The summed E-state index contributed by atoms with van der Waals surface area (Å²) in [7, 11) is 0. The van der Waals surface area contributed by atoms with Gasteiger partial charge < -0.3 is 19.5 Å². The fourth-order valence-corrected chi connectivity index (χ4v) is 2.80. The summed E-state index contributed by atoms with van der Waals surface area (Å²) in [6.07, 6.45) is 3.48. The first-order valence-electron chi connectivity index (χ1n) is 7.10. The lowest BCUT2D eigenvalue weighted by atomic mass is 10.2. The molecule has 0 aromatic carbocycles. The molecule has 6 nitrogen and oxygen atoms in total. The van der Waals surface area contributed by atoms with Crippen molar-refractivity contribution in [1.82, 2.24) is 15.1 Å². The predicted octanol–water partition coefficient (Wildman–Crippen LogP) is 0.316. The monoisotopic (exact) mass is 277 g/mol. The largest absolute Gasteiger partial charge is 0.459 e. The van der Waals surface area contributed by atoms with Crippen LogP contribution in [0.1, 0.15) is 23.4 Å². The highest BCUT2D eigenvalue weighted by Gasteiger charge is 2.30. The summed E-state index contributed by atoms with van der Waals surface area (Å²) in [6.45, 7) is 3.26. The molecule has 1 N–H and O–H groups in total. The van der Waals surface area contributed by atoms with E-state index in [4.69, 9.17) is 4.42 Å². The first-order chi connectivity index (χ1) is 9.75. The Labute approximate surface area is 117 Å². The van der Waals surface area contributed by atoms with Crippen LogP contribution in [0.25, 0.3) is 0 Å². The van der Waals surface area contributed by atoms with Crippen LogP contribution < -0.4 is 5.32 Å². The van der Waals surface area contributed by atoms with Crippen LogP contribution in [0.4, 0.5) is 0 Å². The quantitative estimate of drug-likeness (QED) is 0.845. The van der Waals surface area contributed by atoms with Crippen molar-refractivity contribution in [3.63, 3.8) is 0 Å². The summed E-state index contributed by atoms with van der Waals surface area (Å²) in [6, 6.07) is 3.35. The molecule has 0 aliphatic carbocycles. The van der Waals surface area contributed by atoms with Crippen molar-refractivity contribution in [3.05, 3.63) is 24.2 Å². The van der Waals surface area contributed by atoms with Gasteiger partial charge >= 0.3 is 0 Å². The highest BCUT2D eigenvalue weighted by molar-refractivity contribution is 5.91. The second-order valence-corrected chi connectivity index (χ2v) is 5.24. The Hall–Kier alpha value is -1.82. The van der Waals surface area contributed by atoms with Gasteiger partial charge in [0.1, 0.15) is 0 Å². The van der Waals surface area contributed by atoms with E-state index in [1.54, 1.807) is 17.0 Å². The standard InChI is InChI=1S/C14H19N3O3/c18-13(11-3-1-5-15-11)16-6-8-17(9-7-16)14(19)12-4-2-10-20-12/h2,4,10-11,15H,1,3,5-9H2/t11-/m0/s1. The molecular formula is C14H19N3O3. The maximum absolute atomic E-state index is 12.2. The Bertz CT molecular complexity index is 472. The van der Waals surface area contributed by atoms with E-state index in [1.165, 1.54) is 6.26 Å². The number of carbonyl (C=O) groups excluding carboxylic acids is 2. The van der Waals surface area contributed by atoms with Crippen molar-refractivity contribution >= 4 is 11.8 Å². The minimum Gasteiger partial charge on any atom is -0.459 e. The van der Waals surface area contributed by atoms with Crippen LogP contribution in [0, 0.1) is 0 Å². The molecule has 0 spiro atoms. The van der Waals surface area contributed by atoms with Crippen LogP contribution in [0.3, 0.4) is 0 Å². The molecule has 1 aromatic heterocycles. The summed E-state index contributed by atoms with van der Waals surface area (Å²) in [4.78, 5) is 28.0. The summed E-state index contributed by atoms with van der Waals surface area (Å²) in [5.41, 5.74) is 0. The van der Waals surface area contributed by atoms with Gasteiger partial charge in [-0.2, -0.15) is 0 Å². The minimum absolute atomic E-state index is 0.0256. The molecule has 0 unspecified atom stereocenters. The van der Waals surface area contributed by atoms with E-state index >= 15 is 0 Å². The van der Waals surface area contributed by atoms with Crippen LogP contribution in [0.5, 0.6) is 0 Å². The predicted molar refractivity (Wildman–Crippen MR) is 72.2 cm³/mol. The molecule has 2 aliphatic heterocycles. The second-order valence-electron chi connectivity index (χ2n) is 5.24. The molecule has 2 amide bonds. The number of hydrogen-bond acceptors (Lipinski definition) is 4. The molecule has 1 aromatic rings. The first kappa shape index (κ1) is 13.2. The first-order valence-corrected chi connectivity index (χ1v) is 7.10. The number of hydrogen-bond donors (Lipinski definition) is 1. The van der Waals surface area contributed by atoms with Crippen molar-refractivity contribution < 1.29 is 14.0 Å². The Kier molecular flexibility index (Phi) is 3.73. The molecule has 0 bridgehead atoms. The van der Waals surface area contributed by atoms with Gasteiger partial charge in [0, 0.05) is 26.2 Å². The van der Waals surface area contributed by atoms with E-state index in [1.807, 2.05) is 4.90 Å². The van der Waals surface area contributed by atoms with Gasteiger partial charge in [-0.3, -0.25) is 9.59 Å². The van der Waals surface area contributed by atoms with E-state index in [2.05, 4.69) is 5.32 Å². The van der Waals surface area contributed by atoms with Gasteiger partial charge in [0.05, 0.1) is 12.3 Å². The summed E-state index contributed by atoms with van der Waals surface area (Å²) in [5, 5.41) is 3.22. The average Bonchev–Trinajstić information content (AvgIpc) is 3.18. The van der Waals surface area contributed by atoms with Gasteiger partial charge in [0.25, 0.3) is 5.91 Å². The Balaban J connectivity index is 1.54. The van der Waals surface area contributed by atoms with Crippen LogP contribution in [-0.4, -0.2) is 60.4 Å². The van der Waals surface area contributed by atoms with Crippen LogP contribution in [0.15, 0.2) is 22.8 Å². The molecule has 108 valence electrons. The summed E-state index contributed by atoms with van der Waals surface area (Å²) in [5.74, 6) is 0.441. The second kappa shape index (κ2) is 5.66. The van der Waals surface area contributed by atoms with Crippen LogP contribution >= 0.6 is 0 Å².